The fourth-order valence-corrected chi connectivity index (χ4v) is 3.22. The number of hydrogen-bond acceptors (Lipinski definition) is 3. The Bertz CT molecular complexity index is 259. The molecule has 1 aromatic rings. The molecule has 1 N–H and O–H groups in total. The summed E-state index contributed by atoms with van der Waals surface area (Å²) in [5.41, 5.74) is 0. The van der Waals surface area contributed by atoms with Crippen LogP contribution in [0.2, 0.25) is 0 Å². The van der Waals surface area contributed by atoms with Gasteiger partial charge in [-0.25, -0.2) is 0 Å². The molecule has 16 heavy (non-hydrogen) atoms. The fraction of sp³-hybridized carbons (Fsp3) is 0.692. The summed E-state index contributed by atoms with van der Waals surface area (Å²) < 4.78 is 0. The van der Waals surface area contributed by atoms with Gasteiger partial charge in [-0.2, -0.15) is 11.8 Å². The third kappa shape index (κ3) is 5.37. The third-order valence-electron chi connectivity index (χ3n) is 2.73. The van der Waals surface area contributed by atoms with Crippen LogP contribution in [0.3, 0.4) is 0 Å². The van der Waals surface area contributed by atoms with Gasteiger partial charge in [0, 0.05) is 10.9 Å². The second-order valence-corrected chi connectivity index (χ2v) is 6.30. The Morgan fingerprint density at radius 3 is 2.88 bits per heavy atom. The molecule has 1 heterocycles. The van der Waals surface area contributed by atoms with E-state index in [1.165, 1.54) is 23.5 Å². The highest BCUT2D eigenvalue weighted by Gasteiger charge is 2.09. The zero-order valence-electron chi connectivity index (χ0n) is 10.5. The van der Waals surface area contributed by atoms with Crippen molar-refractivity contribution in [3.63, 3.8) is 0 Å². The molecule has 0 aromatic carbocycles. The lowest BCUT2D eigenvalue weighted by atomic mass is 10.1. The molecule has 0 amide bonds. The molecule has 0 radical (unpaired) electrons. The van der Waals surface area contributed by atoms with Crippen molar-refractivity contribution in [2.75, 3.05) is 18.6 Å². The number of nitrogens with one attached hydrogen (secondary N) is 1. The molecular formula is C13H23NS2. The van der Waals surface area contributed by atoms with Gasteiger partial charge >= 0.3 is 0 Å². The minimum Gasteiger partial charge on any atom is -0.313 e. The molecule has 2 atom stereocenters. The highest BCUT2D eigenvalue weighted by molar-refractivity contribution is 7.98. The SMILES string of the molecule is CCC(Cc1cccs1)NCC(C)CSC. The van der Waals surface area contributed by atoms with Gasteiger partial charge in [0.2, 0.25) is 0 Å². The molecule has 0 spiro atoms. The molecule has 0 aliphatic heterocycles. The number of thiophene rings is 1. The first kappa shape index (κ1) is 14.1. The van der Waals surface area contributed by atoms with E-state index in [2.05, 4.69) is 42.9 Å². The van der Waals surface area contributed by atoms with Gasteiger partial charge in [-0.3, -0.25) is 0 Å². The molecular weight excluding hydrogens is 234 g/mol. The first-order valence-corrected chi connectivity index (χ1v) is 8.28. The maximum atomic E-state index is 3.69. The van der Waals surface area contributed by atoms with Crippen molar-refractivity contribution in [1.29, 1.82) is 0 Å². The van der Waals surface area contributed by atoms with E-state index in [0.717, 1.165) is 12.5 Å². The first-order chi connectivity index (χ1) is 7.76. The van der Waals surface area contributed by atoms with Crippen LogP contribution >= 0.6 is 23.1 Å². The van der Waals surface area contributed by atoms with Crippen LogP contribution < -0.4 is 5.32 Å². The van der Waals surface area contributed by atoms with E-state index in [9.17, 15) is 0 Å². The molecule has 92 valence electrons. The fourth-order valence-electron chi connectivity index (χ4n) is 1.74. The zero-order valence-corrected chi connectivity index (χ0v) is 12.2. The smallest absolute Gasteiger partial charge is 0.0113 e. The minimum absolute atomic E-state index is 0.642. The average molecular weight is 257 g/mol. The maximum Gasteiger partial charge on any atom is 0.0113 e. The summed E-state index contributed by atoms with van der Waals surface area (Å²) in [5.74, 6) is 2.02. The topological polar surface area (TPSA) is 12.0 Å². The summed E-state index contributed by atoms with van der Waals surface area (Å²) in [6, 6.07) is 5.02. The summed E-state index contributed by atoms with van der Waals surface area (Å²) in [5, 5.41) is 5.85. The van der Waals surface area contributed by atoms with Gasteiger partial charge in [-0.1, -0.05) is 19.9 Å². The van der Waals surface area contributed by atoms with E-state index >= 15 is 0 Å². The highest BCUT2D eigenvalue weighted by atomic mass is 32.2. The van der Waals surface area contributed by atoms with Crippen LogP contribution in [0.5, 0.6) is 0 Å². The van der Waals surface area contributed by atoms with Crippen molar-refractivity contribution >= 4 is 23.1 Å². The predicted octanol–water partition coefficient (Wildman–Crippen LogP) is 3.66. The minimum atomic E-state index is 0.642. The van der Waals surface area contributed by atoms with Crippen LogP contribution in [0.1, 0.15) is 25.1 Å². The quantitative estimate of drug-likeness (QED) is 0.763. The molecule has 0 aliphatic carbocycles. The van der Waals surface area contributed by atoms with Crippen molar-refractivity contribution < 1.29 is 0 Å². The van der Waals surface area contributed by atoms with Gasteiger partial charge in [0.05, 0.1) is 0 Å². The Labute approximate surface area is 108 Å². The van der Waals surface area contributed by atoms with E-state index in [1.54, 1.807) is 0 Å². The third-order valence-corrected chi connectivity index (χ3v) is 4.53. The molecule has 0 aliphatic rings. The zero-order chi connectivity index (χ0) is 11.8. The summed E-state index contributed by atoms with van der Waals surface area (Å²) in [4.78, 5) is 1.50. The Morgan fingerprint density at radius 1 is 1.50 bits per heavy atom. The van der Waals surface area contributed by atoms with Crippen molar-refractivity contribution in [3.05, 3.63) is 22.4 Å². The van der Waals surface area contributed by atoms with Gasteiger partial charge in [-0.05, 0) is 48.8 Å². The van der Waals surface area contributed by atoms with Gasteiger partial charge in [0.25, 0.3) is 0 Å². The molecule has 0 saturated carbocycles. The Kier molecular flexibility index (Phi) is 7.17. The van der Waals surface area contributed by atoms with Gasteiger partial charge < -0.3 is 5.32 Å². The average Bonchev–Trinajstić information content (AvgIpc) is 2.77. The molecule has 1 nitrogen and oxygen atoms in total. The van der Waals surface area contributed by atoms with Crippen molar-refractivity contribution in [3.8, 4) is 0 Å². The Morgan fingerprint density at radius 2 is 2.31 bits per heavy atom. The van der Waals surface area contributed by atoms with E-state index in [4.69, 9.17) is 0 Å². The van der Waals surface area contributed by atoms with Crippen molar-refractivity contribution in [2.24, 2.45) is 5.92 Å². The summed E-state index contributed by atoms with van der Waals surface area (Å²) in [6.45, 7) is 5.73. The number of hydrogen-bond donors (Lipinski definition) is 1. The molecule has 1 rings (SSSR count). The standard InChI is InChI=1S/C13H23NS2/c1-4-12(8-13-6-5-7-16-13)14-9-11(2)10-15-3/h5-7,11-12,14H,4,8-10H2,1-3H3. The molecule has 0 fully saturated rings. The highest BCUT2D eigenvalue weighted by Crippen LogP contribution is 2.13. The molecule has 1 aromatic heterocycles. The van der Waals surface area contributed by atoms with Crippen LogP contribution in [-0.2, 0) is 6.42 Å². The van der Waals surface area contributed by atoms with Crippen molar-refractivity contribution in [1.82, 2.24) is 5.32 Å². The largest absolute Gasteiger partial charge is 0.313 e. The van der Waals surface area contributed by atoms with Crippen LogP contribution in [0.4, 0.5) is 0 Å². The molecule has 3 heteroatoms. The summed E-state index contributed by atoms with van der Waals surface area (Å²) in [6.07, 6.45) is 4.57. The summed E-state index contributed by atoms with van der Waals surface area (Å²) in [7, 11) is 0. The van der Waals surface area contributed by atoms with Crippen LogP contribution in [0.15, 0.2) is 17.5 Å². The lowest BCUT2D eigenvalue weighted by Gasteiger charge is -2.19. The van der Waals surface area contributed by atoms with E-state index in [-0.39, 0.29) is 0 Å². The lowest BCUT2D eigenvalue weighted by Crippen LogP contribution is -2.34. The Balaban J connectivity index is 2.26. The molecule has 0 bridgehead atoms. The maximum absolute atomic E-state index is 3.69. The van der Waals surface area contributed by atoms with E-state index in [1.807, 2.05) is 23.1 Å². The van der Waals surface area contributed by atoms with Crippen LogP contribution in [0.25, 0.3) is 0 Å². The predicted molar refractivity (Wildman–Crippen MR) is 77.7 cm³/mol. The second-order valence-electron chi connectivity index (χ2n) is 4.36. The normalized spacial score (nSPS) is 14.9. The summed E-state index contributed by atoms with van der Waals surface area (Å²) >= 11 is 3.80. The molecule has 2 unspecified atom stereocenters. The number of thioether (sulfide) groups is 1. The van der Waals surface area contributed by atoms with Crippen LogP contribution in [-0.4, -0.2) is 24.6 Å². The number of rotatable bonds is 8. The monoisotopic (exact) mass is 257 g/mol. The Hall–Kier alpha value is 0.01000. The van der Waals surface area contributed by atoms with E-state index in [0.29, 0.717) is 6.04 Å². The van der Waals surface area contributed by atoms with Gasteiger partial charge in [0.15, 0.2) is 0 Å². The second kappa shape index (κ2) is 8.15. The van der Waals surface area contributed by atoms with Gasteiger partial charge in [0.1, 0.15) is 0 Å². The first-order valence-electron chi connectivity index (χ1n) is 6.01. The van der Waals surface area contributed by atoms with Crippen molar-refractivity contribution in [2.45, 2.75) is 32.7 Å². The van der Waals surface area contributed by atoms with Crippen LogP contribution in [0, 0.1) is 5.92 Å². The molecule has 0 saturated heterocycles. The lowest BCUT2D eigenvalue weighted by molar-refractivity contribution is 0.455. The van der Waals surface area contributed by atoms with Gasteiger partial charge in [-0.15, -0.1) is 11.3 Å². The van der Waals surface area contributed by atoms with E-state index < -0.39 is 0 Å².